The summed E-state index contributed by atoms with van der Waals surface area (Å²) in [7, 11) is 0. The van der Waals surface area contributed by atoms with Gasteiger partial charge < -0.3 is 13.9 Å². The van der Waals surface area contributed by atoms with E-state index in [0.717, 1.165) is 0 Å². The highest BCUT2D eigenvalue weighted by Crippen LogP contribution is 2.51. The van der Waals surface area contributed by atoms with Gasteiger partial charge in [0.2, 0.25) is 0 Å². The van der Waals surface area contributed by atoms with Gasteiger partial charge in [-0.15, -0.1) is 0 Å². The summed E-state index contributed by atoms with van der Waals surface area (Å²) in [5.74, 6) is 1.22. The Bertz CT molecular complexity index is 3090. The number of nitrogens with zero attached hydrogens (tertiary/aromatic N) is 3. The first-order chi connectivity index (χ1) is 28.3. The molecule has 0 spiro atoms. The van der Waals surface area contributed by atoms with Crippen LogP contribution in [-0.2, 0) is 0 Å². The molecule has 268 valence electrons. The van der Waals surface area contributed by atoms with Crippen LogP contribution in [0.1, 0.15) is 74.3 Å². The molecule has 5 heteroatoms. The number of aromatic nitrogens is 2. The fourth-order valence-corrected chi connectivity index (χ4v) is 13.3. The molecule has 0 atom stereocenters. The zero-order valence-corrected chi connectivity index (χ0v) is 31.9. The molecule has 6 aliphatic rings. The van der Waals surface area contributed by atoms with Gasteiger partial charge in [-0.25, -0.2) is 0 Å². The van der Waals surface area contributed by atoms with Crippen LogP contribution in [0.25, 0.3) is 65.9 Å². The predicted octanol–water partition coefficient (Wildman–Crippen LogP) is 10.6. The van der Waals surface area contributed by atoms with Crippen LogP contribution in [0.4, 0.5) is 17.1 Å². The molecule has 2 fully saturated rings. The van der Waals surface area contributed by atoms with E-state index in [4.69, 9.17) is 0 Å². The van der Waals surface area contributed by atoms with Crippen molar-refractivity contribution < 1.29 is 0 Å². The monoisotopic (exact) mass is 727 g/mol. The van der Waals surface area contributed by atoms with E-state index in [0.29, 0.717) is 11.8 Å². The molecule has 4 aliphatic heterocycles. The summed E-state index contributed by atoms with van der Waals surface area (Å²) in [6.45, 7) is 0.153. The molecule has 2 aliphatic carbocycles. The summed E-state index contributed by atoms with van der Waals surface area (Å²) in [5.41, 5.74) is 24.2. The van der Waals surface area contributed by atoms with Gasteiger partial charge in [0.05, 0.1) is 0 Å². The van der Waals surface area contributed by atoms with Crippen LogP contribution >= 0.6 is 0 Å². The van der Waals surface area contributed by atoms with Gasteiger partial charge in [-0.2, -0.15) is 0 Å². The Morgan fingerprint density at radius 1 is 0.421 bits per heavy atom. The summed E-state index contributed by atoms with van der Waals surface area (Å²) < 4.78 is 5.48. The van der Waals surface area contributed by atoms with Crippen molar-refractivity contribution in [3.05, 3.63) is 139 Å². The molecule has 0 bridgehead atoms. The van der Waals surface area contributed by atoms with Crippen molar-refractivity contribution in [3.8, 4) is 22.3 Å². The maximum absolute atomic E-state index is 2.81. The molecular weight excluding hydrogens is 688 g/mol. The number of para-hydroxylation sites is 5. The van der Waals surface area contributed by atoms with Crippen molar-refractivity contribution in [1.82, 2.24) is 8.96 Å². The Hall–Kier alpha value is -5.93. The highest BCUT2D eigenvalue weighted by atomic mass is 15.2. The third kappa shape index (κ3) is 3.57. The number of benzene rings is 7. The fourth-order valence-electron chi connectivity index (χ4n) is 13.3. The average Bonchev–Trinajstić information content (AvgIpc) is 4.10. The lowest BCUT2D eigenvalue weighted by Crippen LogP contribution is -2.64. The molecule has 0 radical (unpaired) electrons. The number of hydrogen-bond acceptors (Lipinski definition) is 1. The highest BCUT2D eigenvalue weighted by molar-refractivity contribution is 6.94. The fraction of sp³-hybridized carbons (Fsp3) is 0.192. The minimum atomic E-state index is 0.0764. The largest absolute Gasteiger partial charge is 0.375 e. The summed E-state index contributed by atoms with van der Waals surface area (Å²) in [6.07, 6.45) is 10.5. The van der Waals surface area contributed by atoms with Gasteiger partial charge in [-0.1, -0.05) is 129 Å². The second kappa shape index (κ2) is 10.5. The third-order valence-corrected chi connectivity index (χ3v) is 15.5. The van der Waals surface area contributed by atoms with Crippen LogP contribution in [0.15, 0.2) is 127 Å². The van der Waals surface area contributed by atoms with Gasteiger partial charge in [-0.05, 0) is 106 Å². The van der Waals surface area contributed by atoms with E-state index in [9.17, 15) is 0 Å². The standard InChI is InChI=1S/C52H39B2N3/c1-2-13-30(12-1)32-26-40-38-20-9-18-36-34-16-5-7-24-44(34)56(50(36)38)53-42-22-11-23-43-52(42)55(46(28-32)48(40)53)47-29-33(31-14-3-4-15-31)27-41-39-21-10-19-37-35-17-6-8-25-45(35)57(51(37)39)54(43)49(41)47/h5-11,16-31H,1-4,12-15H2. The first-order valence-electron chi connectivity index (χ1n) is 21.6. The quantitative estimate of drug-likeness (QED) is 0.162. The lowest BCUT2D eigenvalue weighted by molar-refractivity contribution is 0.723. The molecule has 0 N–H and O–H groups in total. The molecule has 3 nitrogen and oxygen atoms in total. The number of hydrogen-bond donors (Lipinski definition) is 0. The smallest absolute Gasteiger partial charge is 0.333 e. The topological polar surface area (TPSA) is 13.1 Å². The van der Waals surface area contributed by atoms with Crippen molar-refractivity contribution in [3.63, 3.8) is 0 Å². The van der Waals surface area contributed by atoms with Crippen LogP contribution in [-0.4, -0.2) is 22.7 Å². The van der Waals surface area contributed by atoms with Gasteiger partial charge in [0, 0.05) is 71.8 Å². The zero-order valence-electron chi connectivity index (χ0n) is 31.9. The summed E-state index contributed by atoms with van der Waals surface area (Å²) in [5, 5.41) is 5.45. The first-order valence-corrected chi connectivity index (χ1v) is 21.6. The lowest BCUT2D eigenvalue weighted by atomic mass is 9.39. The summed E-state index contributed by atoms with van der Waals surface area (Å²) in [6, 6.07) is 50.5. The summed E-state index contributed by atoms with van der Waals surface area (Å²) in [4.78, 5) is 2.81. The van der Waals surface area contributed by atoms with Crippen molar-refractivity contribution in [2.45, 2.75) is 63.2 Å². The second-order valence-corrected chi connectivity index (χ2v) is 18.1. The molecule has 2 aromatic heterocycles. The Balaban J connectivity index is 1.13. The minimum Gasteiger partial charge on any atom is -0.375 e. The van der Waals surface area contributed by atoms with Gasteiger partial charge >= 0.3 is 13.7 Å². The van der Waals surface area contributed by atoms with E-state index in [1.54, 1.807) is 0 Å². The normalized spacial score (nSPS) is 17.4. The van der Waals surface area contributed by atoms with Crippen molar-refractivity contribution >= 4 is 96.2 Å². The van der Waals surface area contributed by atoms with Crippen LogP contribution < -0.4 is 26.8 Å². The van der Waals surface area contributed by atoms with Gasteiger partial charge in [-0.3, -0.25) is 0 Å². The lowest BCUT2D eigenvalue weighted by Gasteiger charge is -2.47. The number of fused-ring (bicyclic) bond motifs is 14. The Labute approximate surface area is 332 Å². The molecule has 2 saturated carbocycles. The van der Waals surface area contributed by atoms with Crippen LogP contribution in [0.5, 0.6) is 0 Å². The van der Waals surface area contributed by atoms with Crippen LogP contribution in [0.2, 0.25) is 0 Å². The van der Waals surface area contributed by atoms with E-state index in [1.165, 1.54) is 167 Å². The predicted molar refractivity (Wildman–Crippen MR) is 241 cm³/mol. The Kier molecular flexibility index (Phi) is 5.58. The molecule has 57 heavy (non-hydrogen) atoms. The van der Waals surface area contributed by atoms with E-state index < -0.39 is 0 Å². The zero-order chi connectivity index (χ0) is 36.7. The molecule has 0 amide bonds. The number of anilines is 3. The van der Waals surface area contributed by atoms with Crippen molar-refractivity contribution in [1.29, 1.82) is 0 Å². The number of rotatable bonds is 2. The van der Waals surface area contributed by atoms with Gasteiger partial charge in [0.15, 0.2) is 0 Å². The van der Waals surface area contributed by atoms with Crippen molar-refractivity contribution in [2.24, 2.45) is 0 Å². The Morgan fingerprint density at radius 3 is 1.35 bits per heavy atom. The van der Waals surface area contributed by atoms with Gasteiger partial charge in [0.1, 0.15) is 0 Å². The molecule has 0 saturated heterocycles. The maximum atomic E-state index is 2.81. The van der Waals surface area contributed by atoms with Crippen LogP contribution in [0.3, 0.4) is 0 Å². The SMILES string of the molecule is c1cc2c3c(c1)B1c4c(cc(C5CCCC5)cc4N3c3cc(C4CCCC4)cc4c3B2n2c3ccccc3c3cccc-4c32)-c2cccc3c4ccccc4n1c23. The van der Waals surface area contributed by atoms with E-state index in [1.807, 2.05) is 0 Å². The Morgan fingerprint density at radius 2 is 0.860 bits per heavy atom. The molecule has 0 unspecified atom stereocenters. The summed E-state index contributed by atoms with van der Waals surface area (Å²) >= 11 is 0. The first kappa shape index (κ1) is 30.2. The second-order valence-electron chi connectivity index (χ2n) is 18.1. The van der Waals surface area contributed by atoms with Crippen molar-refractivity contribution in [2.75, 3.05) is 4.90 Å². The molecule has 6 heterocycles. The average molecular weight is 728 g/mol. The molecule has 15 rings (SSSR count). The minimum absolute atomic E-state index is 0.0764. The van der Waals surface area contributed by atoms with E-state index in [-0.39, 0.29) is 13.7 Å². The molecule has 9 aromatic rings. The molecule has 7 aromatic carbocycles. The highest BCUT2D eigenvalue weighted by Gasteiger charge is 2.50. The maximum Gasteiger partial charge on any atom is 0.333 e. The third-order valence-electron chi connectivity index (χ3n) is 15.5. The van der Waals surface area contributed by atoms with E-state index in [2.05, 4.69) is 141 Å². The van der Waals surface area contributed by atoms with Crippen LogP contribution in [0, 0.1) is 0 Å². The van der Waals surface area contributed by atoms with E-state index >= 15 is 0 Å². The molecular formula is C52H39B2N3. The van der Waals surface area contributed by atoms with Gasteiger partial charge in [0.25, 0.3) is 0 Å².